The van der Waals surface area contributed by atoms with Crippen molar-refractivity contribution in [3.63, 3.8) is 0 Å². The Hall–Kier alpha value is -1.29. The molecule has 2 heterocycles. The van der Waals surface area contributed by atoms with E-state index in [1.165, 1.54) is 6.26 Å². The topological polar surface area (TPSA) is 42.7 Å². The van der Waals surface area contributed by atoms with Gasteiger partial charge in [0, 0.05) is 26.1 Å². The third kappa shape index (κ3) is 2.39. The van der Waals surface area contributed by atoms with Crippen LogP contribution < -0.4 is 0 Å². The number of ether oxygens (including phenoxy) is 1. The van der Waals surface area contributed by atoms with Crippen molar-refractivity contribution in [1.82, 2.24) is 4.90 Å². The van der Waals surface area contributed by atoms with Gasteiger partial charge in [0.05, 0.1) is 12.9 Å². The Morgan fingerprint density at radius 2 is 2.53 bits per heavy atom. The fraction of sp³-hybridized carbons (Fsp3) is 0.545. The van der Waals surface area contributed by atoms with Crippen LogP contribution in [-0.2, 0) is 4.74 Å². The lowest BCUT2D eigenvalue weighted by atomic mass is 10.1. The van der Waals surface area contributed by atoms with Crippen molar-refractivity contribution in [1.29, 1.82) is 0 Å². The van der Waals surface area contributed by atoms with E-state index in [0.717, 1.165) is 26.2 Å². The lowest BCUT2D eigenvalue weighted by Gasteiger charge is -2.18. The number of hydrogen-bond donors (Lipinski definition) is 0. The summed E-state index contributed by atoms with van der Waals surface area (Å²) in [7, 11) is 1.79. The molecule has 1 saturated heterocycles. The molecule has 1 atom stereocenters. The Morgan fingerprint density at radius 3 is 3.13 bits per heavy atom. The summed E-state index contributed by atoms with van der Waals surface area (Å²) < 4.78 is 10.3. The number of hydrogen-bond acceptors (Lipinski definition) is 3. The van der Waals surface area contributed by atoms with Gasteiger partial charge in [-0.15, -0.1) is 0 Å². The Labute approximate surface area is 88.8 Å². The fourth-order valence-corrected chi connectivity index (χ4v) is 1.79. The zero-order valence-corrected chi connectivity index (χ0v) is 8.81. The molecular weight excluding hydrogens is 194 g/mol. The highest BCUT2D eigenvalue weighted by atomic mass is 16.5. The largest absolute Gasteiger partial charge is 0.459 e. The van der Waals surface area contributed by atoms with Gasteiger partial charge >= 0.3 is 0 Å². The normalized spacial score (nSPS) is 20.5. The SMILES string of the molecule is CN(CC1CCOC1)C(=O)c1ccco1. The zero-order chi connectivity index (χ0) is 10.7. The van der Waals surface area contributed by atoms with E-state index in [2.05, 4.69) is 0 Å². The number of nitrogens with zero attached hydrogens (tertiary/aromatic N) is 1. The number of furan rings is 1. The van der Waals surface area contributed by atoms with Crippen LogP contribution in [0.1, 0.15) is 17.0 Å². The van der Waals surface area contributed by atoms with Crippen molar-refractivity contribution >= 4 is 5.91 Å². The Kier molecular flexibility index (Phi) is 3.06. The minimum Gasteiger partial charge on any atom is -0.459 e. The molecular formula is C11H15NO3. The average molecular weight is 209 g/mol. The summed E-state index contributed by atoms with van der Waals surface area (Å²) in [5.74, 6) is 0.803. The second kappa shape index (κ2) is 4.49. The molecule has 1 fully saturated rings. The van der Waals surface area contributed by atoms with Gasteiger partial charge in [0.25, 0.3) is 5.91 Å². The Morgan fingerprint density at radius 1 is 1.67 bits per heavy atom. The molecule has 1 amide bonds. The molecule has 1 aliphatic heterocycles. The van der Waals surface area contributed by atoms with Crippen molar-refractivity contribution in [2.24, 2.45) is 5.92 Å². The molecule has 0 bridgehead atoms. The van der Waals surface area contributed by atoms with Crippen LogP contribution in [-0.4, -0.2) is 37.6 Å². The highest BCUT2D eigenvalue weighted by Crippen LogP contribution is 2.14. The van der Waals surface area contributed by atoms with E-state index in [0.29, 0.717) is 11.7 Å². The maximum absolute atomic E-state index is 11.8. The summed E-state index contributed by atoms with van der Waals surface area (Å²) in [6, 6.07) is 3.41. The molecule has 0 saturated carbocycles. The predicted octanol–water partition coefficient (Wildman–Crippen LogP) is 1.39. The lowest BCUT2D eigenvalue weighted by molar-refractivity contribution is 0.0734. The standard InChI is InChI=1S/C11H15NO3/c1-12(7-9-4-6-14-8-9)11(13)10-3-2-5-15-10/h2-3,5,9H,4,6-8H2,1H3. The summed E-state index contributed by atoms with van der Waals surface area (Å²) in [5, 5.41) is 0. The molecule has 2 rings (SSSR count). The summed E-state index contributed by atoms with van der Waals surface area (Å²) in [5.41, 5.74) is 0. The van der Waals surface area contributed by atoms with Crippen molar-refractivity contribution in [2.45, 2.75) is 6.42 Å². The van der Waals surface area contributed by atoms with Crippen LogP contribution in [0.25, 0.3) is 0 Å². The van der Waals surface area contributed by atoms with Crippen molar-refractivity contribution in [3.8, 4) is 0 Å². The summed E-state index contributed by atoms with van der Waals surface area (Å²) in [6.45, 7) is 2.31. The van der Waals surface area contributed by atoms with Gasteiger partial charge in [-0.25, -0.2) is 0 Å². The quantitative estimate of drug-likeness (QED) is 0.755. The van der Waals surface area contributed by atoms with Gasteiger partial charge in [-0.3, -0.25) is 4.79 Å². The summed E-state index contributed by atoms with van der Waals surface area (Å²) >= 11 is 0. The van der Waals surface area contributed by atoms with Crippen LogP contribution in [0.3, 0.4) is 0 Å². The van der Waals surface area contributed by atoms with Crippen LogP contribution in [0.5, 0.6) is 0 Å². The number of carbonyl (C=O) groups excluding carboxylic acids is 1. The Balaban J connectivity index is 1.90. The smallest absolute Gasteiger partial charge is 0.289 e. The fourth-order valence-electron chi connectivity index (χ4n) is 1.79. The first-order chi connectivity index (χ1) is 7.27. The van der Waals surface area contributed by atoms with Gasteiger partial charge in [-0.2, -0.15) is 0 Å². The van der Waals surface area contributed by atoms with Crippen LogP contribution in [0.15, 0.2) is 22.8 Å². The molecule has 0 radical (unpaired) electrons. The minimum absolute atomic E-state index is 0.0631. The number of rotatable bonds is 3. The molecule has 1 aromatic heterocycles. The van der Waals surface area contributed by atoms with Crippen LogP contribution in [0.2, 0.25) is 0 Å². The van der Waals surface area contributed by atoms with E-state index >= 15 is 0 Å². The van der Waals surface area contributed by atoms with Crippen LogP contribution in [0, 0.1) is 5.92 Å². The van der Waals surface area contributed by atoms with Gasteiger partial charge in [0.15, 0.2) is 5.76 Å². The maximum Gasteiger partial charge on any atom is 0.289 e. The number of carbonyl (C=O) groups is 1. The number of amides is 1. The van der Waals surface area contributed by atoms with Crippen molar-refractivity contribution in [2.75, 3.05) is 26.8 Å². The highest BCUT2D eigenvalue weighted by molar-refractivity contribution is 5.91. The molecule has 0 aliphatic carbocycles. The molecule has 0 N–H and O–H groups in total. The molecule has 0 spiro atoms. The van der Waals surface area contributed by atoms with Gasteiger partial charge in [-0.1, -0.05) is 0 Å². The van der Waals surface area contributed by atoms with Crippen LogP contribution in [0.4, 0.5) is 0 Å². The molecule has 1 unspecified atom stereocenters. The maximum atomic E-state index is 11.8. The van der Waals surface area contributed by atoms with Gasteiger partial charge in [0.2, 0.25) is 0 Å². The molecule has 82 valence electrons. The van der Waals surface area contributed by atoms with Gasteiger partial charge in [-0.05, 0) is 18.6 Å². The first kappa shape index (κ1) is 10.2. The molecule has 0 aromatic carbocycles. The van der Waals surface area contributed by atoms with E-state index in [4.69, 9.17) is 9.15 Å². The third-order valence-electron chi connectivity index (χ3n) is 2.63. The minimum atomic E-state index is -0.0631. The highest BCUT2D eigenvalue weighted by Gasteiger charge is 2.21. The monoisotopic (exact) mass is 209 g/mol. The molecule has 4 heteroatoms. The first-order valence-corrected chi connectivity index (χ1v) is 5.14. The summed E-state index contributed by atoms with van der Waals surface area (Å²) in [4.78, 5) is 13.5. The summed E-state index contributed by atoms with van der Waals surface area (Å²) in [6.07, 6.45) is 2.55. The van der Waals surface area contributed by atoms with E-state index in [9.17, 15) is 4.79 Å². The van der Waals surface area contributed by atoms with Crippen LogP contribution >= 0.6 is 0 Å². The third-order valence-corrected chi connectivity index (χ3v) is 2.63. The Bertz CT molecular complexity index is 315. The predicted molar refractivity (Wildman–Crippen MR) is 54.6 cm³/mol. The van der Waals surface area contributed by atoms with Crippen molar-refractivity contribution < 1.29 is 13.9 Å². The van der Waals surface area contributed by atoms with Crippen molar-refractivity contribution in [3.05, 3.63) is 24.2 Å². The van der Waals surface area contributed by atoms with E-state index in [1.54, 1.807) is 24.1 Å². The molecule has 15 heavy (non-hydrogen) atoms. The molecule has 1 aromatic rings. The van der Waals surface area contributed by atoms with Gasteiger partial charge < -0.3 is 14.1 Å². The van der Waals surface area contributed by atoms with E-state index in [-0.39, 0.29) is 5.91 Å². The zero-order valence-electron chi connectivity index (χ0n) is 8.81. The second-order valence-electron chi connectivity index (χ2n) is 3.89. The van der Waals surface area contributed by atoms with E-state index < -0.39 is 0 Å². The average Bonchev–Trinajstić information content (AvgIpc) is 2.88. The molecule has 1 aliphatic rings. The van der Waals surface area contributed by atoms with Gasteiger partial charge in [0.1, 0.15) is 0 Å². The molecule has 4 nitrogen and oxygen atoms in total. The second-order valence-corrected chi connectivity index (χ2v) is 3.89. The first-order valence-electron chi connectivity index (χ1n) is 5.14. The van der Waals surface area contributed by atoms with E-state index in [1.807, 2.05) is 0 Å². The lowest BCUT2D eigenvalue weighted by Crippen LogP contribution is -2.31.